The summed E-state index contributed by atoms with van der Waals surface area (Å²) >= 11 is 0. The Balaban J connectivity index is 0.000000480. The zero-order valence-electron chi connectivity index (χ0n) is 25.4. The van der Waals surface area contributed by atoms with Crippen LogP contribution >= 0.6 is 0 Å². The van der Waals surface area contributed by atoms with Crippen molar-refractivity contribution in [3.8, 4) is 28.7 Å². The van der Waals surface area contributed by atoms with E-state index in [1.165, 1.54) is 23.8 Å². The molecule has 43 heavy (non-hydrogen) atoms. The zero-order chi connectivity index (χ0) is 31.2. The molecule has 0 aromatic heterocycles. The summed E-state index contributed by atoms with van der Waals surface area (Å²) in [4.78, 5) is 0. The van der Waals surface area contributed by atoms with Gasteiger partial charge in [-0.25, -0.2) is 0 Å². The van der Waals surface area contributed by atoms with E-state index in [9.17, 15) is 15.5 Å². The Morgan fingerprint density at radius 1 is 0.860 bits per heavy atom. The van der Waals surface area contributed by atoms with Gasteiger partial charge in [-0.15, -0.1) is 0 Å². The fraction of sp³-hybridized carbons (Fsp3) is 0.270. The number of aromatic hydroxyl groups is 2. The van der Waals surface area contributed by atoms with Crippen molar-refractivity contribution in [1.29, 1.82) is 5.26 Å². The smallest absolute Gasteiger partial charge is 0.121 e. The maximum absolute atomic E-state index is 9.71. The maximum atomic E-state index is 9.71. The van der Waals surface area contributed by atoms with E-state index in [0.29, 0.717) is 16.9 Å². The molecular formula is C37H43N3O3. The Labute approximate surface area is 256 Å². The summed E-state index contributed by atoms with van der Waals surface area (Å²) < 4.78 is 6.54. The topological polar surface area (TPSA) is 112 Å². The van der Waals surface area contributed by atoms with E-state index in [1.807, 2.05) is 36.4 Å². The molecule has 0 amide bonds. The first-order valence-electron chi connectivity index (χ1n) is 14.8. The van der Waals surface area contributed by atoms with Crippen LogP contribution in [0.4, 0.5) is 11.4 Å². The maximum Gasteiger partial charge on any atom is 0.121 e. The van der Waals surface area contributed by atoms with E-state index in [2.05, 4.69) is 69.1 Å². The normalized spacial score (nSPS) is 10.7. The Morgan fingerprint density at radius 2 is 1.51 bits per heavy atom. The summed E-state index contributed by atoms with van der Waals surface area (Å²) in [6, 6.07) is 30.5. The molecule has 6 heteroatoms. The highest BCUT2D eigenvalue weighted by Crippen LogP contribution is 2.37. The lowest BCUT2D eigenvalue weighted by molar-refractivity contribution is -0.0532. The van der Waals surface area contributed by atoms with Gasteiger partial charge in [-0.2, -0.15) is 5.26 Å². The van der Waals surface area contributed by atoms with Crippen molar-refractivity contribution in [1.82, 2.24) is 0 Å². The number of nitriles is 1. The molecule has 4 aromatic carbocycles. The van der Waals surface area contributed by atoms with Crippen LogP contribution in [0.25, 0.3) is 11.1 Å². The second kappa shape index (κ2) is 16.1. The van der Waals surface area contributed by atoms with Gasteiger partial charge in [-0.3, -0.25) is 0 Å². The number of ether oxygens (including phenoxy) is 1. The molecule has 0 spiro atoms. The van der Waals surface area contributed by atoms with E-state index >= 15 is 0 Å². The molecule has 5 N–H and O–H groups in total. The van der Waals surface area contributed by atoms with Crippen LogP contribution in [0.15, 0.2) is 103 Å². The van der Waals surface area contributed by atoms with Crippen LogP contribution in [0.2, 0.25) is 0 Å². The van der Waals surface area contributed by atoms with Crippen LogP contribution in [-0.4, -0.2) is 16.8 Å². The Hall–Kier alpha value is -4.73. The molecule has 0 atom stereocenters. The molecule has 0 heterocycles. The predicted molar refractivity (Wildman–Crippen MR) is 177 cm³/mol. The average Bonchev–Trinajstić information content (AvgIpc) is 3.00. The number of nitrogen functional groups attached to an aromatic ring is 1. The minimum atomic E-state index is -0.456. The second-order valence-electron chi connectivity index (χ2n) is 10.6. The Morgan fingerprint density at radius 3 is 2.07 bits per heavy atom. The third-order valence-electron chi connectivity index (χ3n) is 7.23. The van der Waals surface area contributed by atoms with Gasteiger partial charge < -0.3 is 26.0 Å². The summed E-state index contributed by atoms with van der Waals surface area (Å²) in [6.07, 6.45) is 4.68. The first-order valence-corrected chi connectivity index (χ1v) is 14.8. The lowest BCUT2D eigenvalue weighted by atomic mass is 9.84. The molecule has 0 aliphatic rings. The number of para-hydroxylation sites is 1. The van der Waals surface area contributed by atoms with E-state index in [1.54, 1.807) is 6.07 Å². The molecule has 0 bridgehead atoms. The van der Waals surface area contributed by atoms with Gasteiger partial charge in [0.1, 0.15) is 11.5 Å². The van der Waals surface area contributed by atoms with Crippen molar-refractivity contribution in [3.05, 3.63) is 120 Å². The fourth-order valence-electron chi connectivity index (χ4n) is 5.17. The molecular weight excluding hydrogens is 534 g/mol. The second-order valence-corrected chi connectivity index (χ2v) is 10.6. The van der Waals surface area contributed by atoms with Gasteiger partial charge in [0.15, 0.2) is 0 Å². The number of phenols is 2. The molecule has 0 saturated heterocycles. The Kier molecular flexibility index (Phi) is 12.2. The number of hydrogen-bond donors (Lipinski definition) is 4. The molecule has 0 unspecified atom stereocenters. The molecule has 224 valence electrons. The van der Waals surface area contributed by atoms with Gasteiger partial charge >= 0.3 is 0 Å². The average molecular weight is 578 g/mol. The number of nitrogens with zero attached hydrogens (tertiary/aromatic N) is 1. The minimum Gasteiger partial charge on any atom is -0.508 e. The lowest BCUT2D eigenvalue weighted by Gasteiger charge is -2.35. The van der Waals surface area contributed by atoms with Gasteiger partial charge in [0, 0.05) is 35.3 Å². The SMILES string of the molecule is C=C(COC(CCC)(CCC)c1ccc(-c2cccc(C#N)c2)cc1)Nc1cc(O)cc(O)c1.CCc1ccccc1N. The number of rotatable bonds is 12. The molecule has 0 fully saturated rings. The number of nitrogens with two attached hydrogens (primary N) is 1. The fourth-order valence-corrected chi connectivity index (χ4v) is 5.17. The van der Waals surface area contributed by atoms with Crippen molar-refractivity contribution in [2.24, 2.45) is 0 Å². The van der Waals surface area contributed by atoms with Crippen LogP contribution in [0.3, 0.4) is 0 Å². The quantitative estimate of drug-likeness (QED) is 0.125. The van der Waals surface area contributed by atoms with Crippen LogP contribution in [0.1, 0.15) is 63.1 Å². The number of aryl methyl sites for hydroxylation is 1. The molecule has 6 nitrogen and oxygen atoms in total. The van der Waals surface area contributed by atoms with E-state index in [-0.39, 0.29) is 18.1 Å². The van der Waals surface area contributed by atoms with E-state index < -0.39 is 5.60 Å². The highest BCUT2D eigenvalue weighted by Gasteiger charge is 2.31. The van der Waals surface area contributed by atoms with Crippen LogP contribution < -0.4 is 11.1 Å². The first-order chi connectivity index (χ1) is 20.7. The molecule has 0 radical (unpaired) electrons. The monoisotopic (exact) mass is 577 g/mol. The Bertz CT molecular complexity index is 1500. The third-order valence-corrected chi connectivity index (χ3v) is 7.23. The van der Waals surface area contributed by atoms with E-state index in [0.717, 1.165) is 54.5 Å². The van der Waals surface area contributed by atoms with Crippen molar-refractivity contribution in [2.45, 2.75) is 58.5 Å². The highest BCUT2D eigenvalue weighted by atomic mass is 16.5. The van der Waals surface area contributed by atoms with Crippen molar-refractivity contribution in [3.63, 3.8) is 0 Å². The summed E-state index contributed by atoms with van der Waals surface area (Å²) in [6.45, 7) is 10.8. The molecule has 0 aliphatic heterocycles. The highest BCUT2D eigenvalue weighted by molar-refractivity contribution is 5.65. The number of phenolic OH excluding ortho intramolecular Hbond substituents is 2. The third kappa shape index (κ3) is 9.39. The van der Waals surface area contributed by atoms with Crippen molar-refractivity contribution >= 4 is 11.4 Å². The van der Waals surface area contributed by atoms with E-state index in [4.69, 9.17) is 10.5 Å². The number of nitrogens with one attached hydrogen (secondary N) is 1. The van der Waals surface area contributed by atoms with Gasteiger partial charge in [0.2, 0.25) is 0 Å². The minimum absolute atomic E-state index is 0.0251. The summed E-state index contributed by atoms with van der Waals surface area (Å²) in [5.74, 6) is -0.0501. The molecule has 0 aliphatic carbocycles. The summed E-state index contributed by atoms with van der Waals surface area (Å²) in [5, 5.41) is 31.7. The standard InChI is InChI=1S/C29H32N2O3.C8H11N/c1-4-13-29(14-5-2,34-20-21(3)31-26-16-27(32)18-28(33)17-26)25-11-9-23(10-12-25)24-8-6-7-22(15-24)19-30;1-2-7-5-3-4-6-8(7)9/h6-12,15-18,31-33H,3-5,13-14,20H2,1-2H3;3-6H,2,9H2,1H3. The number of benzene rings is 4. The van der Waals surface area contributed by atoms with Gasteiger partial charge in [0.25, 0.3) is 0 Å². The van der Waals surface area contributed by atoms with Crippen LogP contribution in [0.5, 0.6) is 11.5 Å². The summed E-state index contributed by atoms with van der Waals surface area (Å²) in [5.41, 5.74) is 12.3. The van der Waals surface area contributed by atoms with Gasteiger partial charge in [0.05, 0.1) is 23.8 Å². The predicted octanol–water partition coefficient (Wildman–Crippen LogP) is 8.91. The van der Waals surface area contributed by atoms with Crippen LogP contribution in [-0.2, 0) is 16.8 Å². The molecule has 4 aromatic rings. The molecule has 0 saturated carbocycles. The number of hydrogen-bond acceptors (Lipinski definition) is 6. The molecule has 4 rings (SSSR count). The zero-order valence-corrected chi connectivity index (χ0v) is 25.4. The first kappa shape index (κ1) is 32.8. The van der Waals surface area contributed by atoms with Gasteiger partial charge in [-0.05, 0) is 59.7 Å². The number of anilines is 2. The van der Waals surface area contributed by atoms with Crippen molar-refractivity contribution in [2.75, 3.05) is 17.7 Å². The van der Waals surface area contributed by atoms with Crippen molar-refractivity contribution < 1.29 is 14.9 Å². The summed E-state index contributed by atoms with van der Waals surface area (Å²) in [7, 11) is 0. The van der Waals surface area contributed by atoms with Crippen LogP contribution in [0, 0.1) is 11.3 Å². The lowest BCUT2D eigenvalue weighted by Crippen LogP contribution is -2.31. The van der Waals surface area contributed by atoms with Gasteiger partial charge in [-0.1, -0.05) is 94.8 Å². The largest absolute Gasteiger partial charge is 0.508 e.